The molecule has 0 radical (unpaired) electrons. The van der Waals surface area contributed by atoms with Gasteiger partial charge in [-0.25, -0.2) is 0 Å². The monoisotopic (exact) mass is 276 g/mol. The lowest BCUT2D eigenvalue weighted by Crippen LogP contribution is -2.16. The van der Waals surface area contributed by atoms with Gasteiger partial charge in [-0.3, -0.25) is 4.79 Å². The molecule has 0 spiro atoms. The van der Waals surface area contributed by atoms with Crippen molar-refractivity contribution in [3.05, 3.63) is 23.8 Å². The molecule has 1 aromatic rings. The van der Waals surface area contributed by atoms with Gasteiger partial charge < -0.3 is 15.8 Å². The van der Waals surface area contributed by atoms with E-state index in [4.69, 9.17) is 10.5 Å². The molecule has 0 unspecified atom stereocenters. The summed E-state index contributed by atoms with van der Waals surface area (Å²) in [6.45, 7) is 3.24. The number of amides is 1. The van der Waals surface area contributed by atoms with Crippen LogP contribution in [0.15, 0.2) is 18.2 Å². The molecule has 1 saturated carbocycles. The van der Waals surface area contributed by atoms with E-state index in [-0.39, 0.29) is 5.91 Å². The van der Waals surface area contributed by atoms with Gasteiger partial charge in [-0.05, 0) is 43.4 Å². The minimum atomic E-state index is -0.0230. The zero-order chi connectivity index (χ0) is 14.4. The highest BCUT2D eigenvalue weighted by atomic mass is 16.5. The van der Waals surface area contributed by atoms with E-state index in [1.165, 1.54) is 25.7 Å². The van der Waals surface area contributed by atoms with E-state index in [0.717, 1.165) is 17.9 Å². The van der Waals surface area contributed by atoms with Crippen molar-refractivity contribution < 1.29 is 9.53 Å². The average Bonchev–Trinajstić information content (AvgIpc) is 2.92. The maximum Gasteiger partial charge on any atom is 0.226 e. The number of hydrogen-bond donors (Lipinski definition) is 2. The van der Waals surface area contributed by atoms with E-state index in [2.05, 4.69) is 5.32 Å². The van der Waals surface area contributed by atoms with Gasteiger partial charge in [0.25, 0.3) is 0 Å². The molecule has 110 valence electrons. The van der Waals surface area contributed by atoms with Gasteiger partial charge in [0.1, 0.15) is 0 Å². The summed E-state index contributed by atoms with van der Waals surface area (Å²) >= 11 is 0. The topological polar surface area (TPSA) is 64.3 Å². The van der Waals surface area contributed by atoms with Crippen molar-refractivity contribution in [2.45, 2.75) is 39.0 Å². The first-order valence-electron chi connectivity index (χ1n) is 7.39. The lowest BCUT2D eigenvalue weighted by molar-refractivity contribution is -0.117. The zero-order valence-corrected chi connectivity index (χ0v) is 12.2. The maximum absolute atomic E-state index is 11.8. The van der Waals surface area contributed by atoms with Gasteiger partial charge in [-0.1, -0.05) is 18.9 Å². The van der Waals surface area contributed by atoms with Crippen molar-refractivity contribution in [3.63, 3.8) is 0 Å². The fraction of sp³-hybridized carbons (Fsp3) is 0.562. The minimum Gasteiger partial charge on any atom is -0.399 e. The average molecular weight is 276 g/mol. The number of ether oxygens (including phenoxy) is 1. The van der Waals surface area contributed by atoms with E-state index in [9.17, 15) is 4.79 Å². The van der Waals surface area contributed by atoms with Gasteiger partial charge in [-0.15, -0.1) is 0 Å². The van der Waals surface area contributed by atoms with Crippen LogP contribution in [0.25, 0.3) is 0 Å². The lowest BCUT2D eigenvalue weighted by atomic mass is 10.1. The summed E-state index contributed by atoms with van der Waals surface area (Å²) in [6.07, 6.45) is 5.58. The molecule has 1 aromatic carbocycles. The number of hydrogen-bond acceptors (Lipinski definition) is 3. The molecule has 0 aromatic heterocycles. The van der Waals surface area contributed by atoms with Crippen molar-refractivity contribution in [1.82, 2.24) is 0 Å². The Morgan fingerprint density at radius 2 is 2.15 bits per heavy atom. The molecular weight excluding hydrogens is 252 g/mol. The summed E-state index contributed by atoms with van der Waals surface area (Å²) in [5.74, 6) is 0.680. The fourth-order valence-electron chi connectivity index (χ4n) is 2.58. The Kier molecular flexibility index (Phi) is 5.41. The summed E-state index contributed by atoms with van der Waals surface area (Å²) in [4.78, 5) is 11.8. The highest BCUT2D eigenvalue weighted by Gasteiger charge is 2.15. The highest BCUT2D eigenvalue weighted by Crippen LogP contribution is 2.24. The predicted molar refractivity (Wildman–Crippen MR) is 81.6 cm³/mol. The van der Waals surface area contributed by atoms with Crippen LogP contribution in [0, 0.1) is 12.8 Å². The van der Waals surface area contributed by atoms with E-state index in [1.807, 2.05) is 19.1 Å². The molecule has 4 nitrogen and oxygen atoms in total. The Hall–Kier alpha value is -1.55. The largest absolute Gasteiger partial charge is 0.399 e. The summed E-state index contributed by atoms with van der Waals surface area (Å²) in [5.41, 5.74) is 8.17. The first-order chi connectivity index (χ1) is 9.65. The highest BCUT2D eigenvalue weighted by molar-refractivity contribution is 5.92. The van der Waals surface area contributed by atoms with Gasteiger partial charge in [-0.2, -0.15) is 0 Å². The first kappa shape index (κ1) is 14.9. The van der Waals surface area contributed by atoms with Crippen LogP contribution >= 0.6 is 0 Å². The third-order valence-electron chi connectivity index (χ3n) is 3.84. The summed E-state index contributed by atoms with van der Waals surface area (Å²) in [5, 5.41) is 2.88. The number of carbonyl (C=O) groups excluding carboxylic acids is 1. The minimum absolute atomic E-state index is 0.0230. The third-order valence-corrected chi connectivity index (χ3v) is 3.84. The van der Waals surface area contributed by atoms with Crippen LogP contribution in [0.5, 0.6) is 0 Å². The van der Waals surface area contributed by atoms with Gasteiger partial charge in [0.05, 0.1) is 13.0 Å². The molecule has 0 atom stereocenters. The van der Waals surface area contributed by atoms with Crippen molar-refractivity contribution in [2.75, 3.05) is 24.3 Å². The quantitative estimate of drug-likeness (QED) is 0.620. The van der Waals surface area contributed by atoms with Crippen LogP contribution in [0.2, 0.25) is 0 Å². The molecule has 1 aliphatic carbocycles. The standard InChI is InChI=1S/C16H24N2O2/c1-12-6-7-14(17)10-15(12)18-16(19)8-9-20-11-13-4-2-3-5-13/h6-7,10,13H,2-5,8-9,11,17H2,1H3,(H,18,19). The summed E-state index contributed by atoms with van der Waals surface area (Å²) in [7, 11) is 0. The molecule has 0 bridgehead atoms. The number of benzene rings is 1. The number of anilines is 2. The second-order valence-corrected chi connectivity index (χ2v) is 5.60. The lowest BCUT2D eigenvalue weighted by Gasteiger charge is -2.11. The molecule has 1 fully saturated rings. The van der Waals surface area contributed by atoms with Crippen LogP contribution in [-0.2, 0) is 9.53 Å². The van der Waals surface area contributed by atoms with E-state index < -0.39 is 0 Å². The van der Waals surface area contributed by atoms with Crippen molar-refractivity contribution in [1.29, 1.82) is 0 Å². The second-order valence-electron chi connectivity index (χ2n) is 5.60. The number of nitrogens with two attached hydrogens (primary N) is 1. The maximum atomic E-state index is 11.8. The number of rotatable bonds is 6. The number of nitrogens with one attached hydrogen (secondary N) is 1. The van der Waals surface area contributed by atoms with Crippen LogP contribution in [0.3, 0.4) is 0 Å². The SMILES string of the molecule is Cc1ccc(N)cc1NC(=O)CCOCC1CCCC1. The van der Waals surface area contributed by atoms with Crippen molar-refractivity contribution in [3.8, 4) is 0 Å². The molecule has 1 amide bonds. The second kappa shape index (κ2) is 7.29. The summed E-state index contributed by atoms with van der Waals surface area (Å²) in [6, 6.07) is 5.52. The van der Waals surface area contributed by atoms with E-state index in [1.54, 1.807) is 6.07 Å². The fourth-order valence-corrected chi connectivity index (χ4v) is 2.58. The van der Waals surface area contributed by atoms with Crippen LogP contribution in [0.1, 0.15) is 37.7 Å². The summed E-state index contributed by atoms with van der Waals surface area (Å²) < 4.78 is 5.59. The Morgan fingerprint density at radius 3 is 2.90 bits per heavy atom. The Bertz CT molecular complexity index is 454. The molecule has 20 heavy (non-hydrogen) atoms. The molecule has 0 heterocycles. The van der Waals surface area contributed by atoms with Crippen molar-refractivity contribution >= 4 is 17.3 Å². The Balaban J connectivity index is 1.68. The zero-order valence-electron chi connectivity index (χ0n) is 12.2. The molecule has 0 saturated heterocycles. The molecule has 1 aliphatic rings. The van der Waals surface area contributed by atoms with Crippen LogP contribution < -0.4 is 11.1 Å². The molecule has 3 N–H and O–H groups in total. The van der Waals surface area contributed by atoms with Gasteiger partial charge in [0.2, 0.25) is 5.91 Å². The number of nitrogen functional groups attached to an aromatic ring is 1. The number of aryl methyl sites for hydroxylation is 1. The smallest absolute Gasteiger partial charge is 0.226 e. The van der Waals surface area contributed by atoms with Gasteiger partial charge in [0, 0.05) is 18.0 Å². The molecular formula is C16H24N2O2. The van der Waals surface area contributed by atoms with Crippen LogP contribution in [-0.4, -0.2) is 19.1 Å². The van der Waals surface area contributed by atoms with Crippen LogP contribution in [0.4, 0.5) is 11.4 Å². The molecule has 2 rings (SSSR count). The molecule has 0 aliphatic heterocycles. The van der Waals surface area contributed by atoms with Gasteiger partial charge >= 0.3 is 0 Å². The third kappa shape index (κ3) is 4.53. The first-order valence-corrected chi connectivity index (χ1v) is 7.39. The molecule has 4 heteroatoms. The normalized spacial score (nSPS) is 15.4. The Labute approximate surface area is 120 Å². The van der Waals surface area contributed by atoms with Gasteiger partial charge in [0.15, 0.2) is 0 Å². The van der Waals surface area contributed by atoms with Crippen molar-refractivity contribution in [2.24, 2.45) is 5.92 Å². The Morgan fingerprint density at radius 1 is 1.40 bits per heavy atom. The number of carbonyl (C=O) groups is 1. The van der Waals surface area contributed by atoms with E-state index >= 15 is 0 Å². The van der Waals surface area contributed by atoms with E-state index in [0.29, 0.717) is 24.6 Å². The predicted octanol–water partition coefficient (Wildman–Crippen LogP) is 3.11.